The van der Waals surface area contributed by atoms with Gasteiger partial charge in [0, 0.05) is 24.4 Å². The lowest BCUT2D eigenvalue weighted by Crippen LogP contribution is -2.16. The van der Waals surface area contributed by atoms with E-state index in [2.05, 4.69) is 15.2 Å². The molecule has 1 aromatic carbocycles. The van der Waals surface area contributed by atoms with Gasteiger partial charge in [0.2, 0.25) is 0 Å². The highest BCUT2D eigenvalue weighted by molar-refractivity contribution is 5.96. The maximum Gasteiger partial charge on any atom is 0.348 e. The lowest BCUT2D eigenvalue weighted by atomic mass is 10.2. The molecule has 4 N–H and O–H groups in total. The number of hydrogen-bond acceptors (Lipinski definition) is 5. The second kappa shape index (κ2) is 4.75. The van der Waals surface area contributed by atoms with Gasteiger partial charge in [0.25, 0.3) is 0 Å². The molecular weight excluding hydrogens is 270 g/mol. The number of H-pyrrole nitrogens is 1. The van der Waals surface area contributed by atoms with Crippen molar-refractivity contribution in [1.29, 1.82) is 5.41 Å². The maximum atomic E-state index is 11.4. The summed E-state index contributed by atoms with van der Waals surface area (Å²) in [4.78, 5) is 17.5. The topological polar surface area (TPSA) is 116 Å². The van der Waals surface area contributed by atoms with Crippen LogP contribution in [-0.2, 0) is 0 Å². The number of hydrogen-bond donors (Lipinski definition) is 3. The first-order chi connectivity index (χ1) is 10.1. The minimum absolute atomic E-state index is 0.00696. The first-order valence-electron chi connectivity index (χ1n) is 6.17. The summed E-state index contributed by atoms with van der Waals surface area (Å²) in [5, 5.41) is 13.7. The number of benzene rings is 1. The summed E-state index contributed by atoms with van der Waals surface area (Å²) in [7, 11) is 1.84. The smallest absolute Gasteiger partial charge is 0.348 e. The van der Waals surface area contributed by atoms with Gasteiger partial charge in [0.05, 0.1) is 0 Å². The molecule has 0 radical (unpaired) electrons. The predicted octanol–water partition coefficient (Wildman–Crippen LogP) is 0.470. The summed E-state index contributed by atoms with van der Waals surface area (Å²) >= 11 is 0. The molecule has 2 heterocycles. The van der Waals surface area contributed by atoms with Crippen LogP contribution in [-0.4, -0.2) is 32.5 Å². The summed E-state index contributed by atoms with van der Waals surface area (Å²) in [5.41, 5.74) is 7.12. The molecular formula is C13H13N7O. The highest BCUT2D eigenvalue weighted by Crippen LogP contribution is 2.22. The van der Waals surface area contributed by atoms with Crippen LogP contribution < -0.4 is 16.3 Å². The van der Waals surface area contributed by atoms with E-state index in [4.69, 9.17) is 11.1 Å². The Labute approximate surface area is 119 Å². The summed E-state index contributed by atoms with van der Waals surface area (Å²) in [6, 6.07) is 8.96. The minimum Gasteiger partial charge on any atom is -0.384 e. The molecule has 2 aromatic heterocycles. The molecule has 0 spiro atoms. The molecule has 0 aliphatic rings. The molecule has 3 rings (SSSR count). The van der Waals surface area contributed by atoms with Crippen molar-refractivity contribution in [3.8, 4) is 0 Å². The Morgan fingerprint density at radius 1 is 1.43 bits per heavy atom. The van der Waals surface area contributed by atoms with E-state index in [1.165, 1.54) is 10.7 Å². The van der Waals surface area contributed by atoms with Crippen LogP contribution in [0.1, 0.15) is 5.56 Å². The van der Waals surface area contributed by atoms with E-state index in [9.17, 15) is 4.79 Å². The fourth-order valence-electron chi connectivity index (χ4n) is 2.00. The Morgan fingerprint density at radius 3 is 3.00 bits per heavy atom. The van der Waals surface area contributed by atoms with E-state index in [0.717, 1.165) is 5.69 Å². The molecule has 0 atom stereocenters. The lowest BCUT2D eigenvalue weighted by molar-refractivity contribution is 0.986. The van der Waals surface area contributed by atoms with E-state index in [1.807, 2.05) is 24.1 Å². The normalized spacial score (nSPS) is 10.7. The van der Waals surface area contributed by atoms with Crippen molar-refractivity contribution in [3.05, 3.63) is 52.7 Å². The zero-order valence-corrected chi connectivity index (χ0v) is 11.2. The minimum atomic E-state index is -0.328. The number of rotatable bonds is 3. The van der Waals surface area contributed by atoms with Gasteiger partial charge in [-0.2, -0.15) is 5.10 Å². The summed E-state index contributed by atoms with van der Waals surface area (Å²) in [6.07, 6.45) is 1.42. The highest BCUT2D eigenvalue weighted by Gasteiger charge is 2.09. The Bertz CT molecular complexity index is 879. The molecule has 0 saturated heterocycles. The Hall–Kier alpha value is -3.16. The van der Waals surface area contributed by atoms with Crippen molar-refractivity contribution >= 4 is 23.0 Å². The summed E-state index contributed by atoms with van der Waals surface area (Å²) < 4.78 is 1.32. The van der Waals surface area contributed by atoms with Crippen LogP contribution in [0.25, 0.3) is 5.65 Å². The Kier molecular flexibility index (Phi) is 2.90. The fourth-order valence-corrected chi connectivity index (χ4v) is 2.00. The third-order valence-electron chi connectivity index (χ3n) is 3.18. The molecule has 0 aliphatic carbocycles. The SMILES string of the molecule is CN(c1cccc(C(=N)N)c1)c1cc2n[nH]c(=O)n2cn1. The van der Waals surface area contributed by atoms with Crippen LogP contribution in [0.15, 0.2) is 41.5 Å². The second-order valence-electron chi connectivity index (χ2n) is 4.53. The van der Waals surface area contributed by atoms with Crippen LogP contribution in [0.2, 0.25) is 0 Å². The van der Waals surface area contributed by atoms with E-state index in [0.29, 0.717) is 17.0 Å². The van der Waals surface area contributed by atoms with Gasteiger partial charge in [-0.1, -0.05) is 12.1 Å². The molecule has 0 saturated carbocycles. The Morgan fingerprint density at radius 2 is 2.24 bits per heavy atom. The van der Waals surface area contributed by atoms with Crippen molar-refractivity contribution in [3.63, 3.8) is 0 Å². The number of nitrogens with two attached hydrogens (primary N) is 1. The number of aromatic nitrogens is 4. The van der Waals surface area contributed by atoms with Crippen LogP contribution in [0, 0.1) is 5.41 Å². The van der Waals surface area contributed by atoms with E-state index >= 15 is 0 Å². The molecule has 106 valence electrons. The number of amidine groups is 1. The van der Waals surface area contributed by atoms with E-state index in [-0.39, 0.29) is 11.5 Å². The Balaban J connectivity index is 2.03. The van der Waals surface area contributed by atoms with Crippen molar-refractivity contribution in [1.82, 2.24) is 19.6 Å². The number of nitrogens with one attached hydrogen (secondary N) is 2. The van der Waals surface area contributed by atoms with Gasteiger partial charge in [-0.3, -0.25) is 5.41 Å². The maximum absolute atomic E-state index is 11.4. The van der Waals surface area contributed by atoms with Crippen LogP contribution in [0.3, 0.4) is 0 Å². The quantitative estimate of drug-likeness (QED) is 0.477. The molecule has 0 bridgehead atoms. The third-order valence-corrected chi connectivity index (χ3v) is 3.18. The number of nitrogens with zero attached hydrogens (tertiary/aromatic N) is 4. The molecule has 0 unspecified atom stereocenters. The van der Waals surface area contributed by atoms with Crippen molar-refractivity contribution in [2.24, 2.45) is 5.73 Å². The van der Waals surface area contributed by atoms with Gasteiger partial charge in [-0.15, -0.1) is 0 Å². The molecule has 8 nitrogen and oxygen atoms in total. The monoisotopic (exact) mass is 283 g/mol. The molecule has 21 heavy (non-hydrogen) atoms. The van der Waals surface area contributed by atoms with Crippen molar-refractivity contribution < 1.29 is 0 Å². The largest absolute Gasteiger partial charge is 0.384 e. The average molecular weight is 283 g/mol. The van der Waals surface area contributed by atoms with Gasteiger partial charge in [0.15, 0.2) is 5.65 Å². The second-order valence-corrected chi connectivity index (χ2v) is 4.53. The van der Waals surface area contributed by atoms with E-state index < -0.39 is 0 Å². The first-order valence-corrected chi connectivity index (χ1v) is 6.17. The van der Waals surface area contributed by atoms with Crippen LogP contribution >= 0.6 is 0 Å². The van der Waals surface area contributed by atoms with E-state index in [1.54, 1.807) is 18.2 Å². The van der Waals surface area contributed by atoms with Gasteiger partial charge in [0.1, 0.15) is 18.0 Å². The summed E-state index contributed by atoms with van der Waals surface area (Å²) in [5.74, 6) is 0.634. The number of nitrogen functional groups attached to an aromatic ring is 1. The van der Waals surface area contributed by atoms with Crippen molar-refractivity contribution in [2.45, 2.75) is 0 Å². The van der Waals surface area contributed by atoms with Crippen molar-refractivity contribution in [2.75, 3.05) is 11.9 Å². The predicted molar refractivity (Wildman–Crippen MR) is 79.1 cm³/mol. The highest BCUT2D eigenvalue weighted by atomic mass is 16.1. The molecule has 0 fully saturated rings. The molecule has 0 amide bonds. The number of anilines is 2. The number of aromatic amines is 1. The van der Waals surface area contributed by atoms with Crippen LogP contribution in [0.5, 0.6) is 0 Å². The zero-order valence-electron chi connectivity index (χ0n) is 11.2. The van der Waals surface area contributed by atoms with Gasteiger partial charge < -0.3 is 10.6 Å². The van der Waals surface area contributed by atoms with Gasteiger partial charge in [-0.25, -0.2) is 19.3 Å². The average Bonchev–Trinajstić information content (AvgIpc) is 2.87. The molecule has 0 aliphatic heterocycles. The van der Waals surface area contributed by atoms with Crippen LogP contribution in [0.4, 0.5) is 11.5 Å². The van der Waals surface area contributed by atoms with Gasteiger partial charge >= 0.3 is 5.69 Å². The van der Waals surface area contributed by atoms with Gasteiger partial charge in [-0.05, 0) is 12.1 Å². The third kappa shape index (κ3) is 2.22. The molecule has 3 aromatic rings. The fraction of sp³-hybridized carbons (Fsp3) is 0.0769. The lowest BCUT2D eigenvalue weighted by Gasteiger charge is -2.18. The number of fused-ring (bicyclic) bond motifs is 1. The standard InChI is InChI=1S/C13H13N7O/c1-19(9-4-2-3-8(5-9)12(14)15)10-6-11-17-18-13(21)20(11)7-16-10/h2-7H,1H3,(H3,14,15)(H,18,21). The molecule has 8 heteroatoms. The summed E-state index contributed by atoms with van der Waals surface area (Å²) in [6.45, 7) is 0. The zero-order chi connectivity index (χ0) is 15.0. The first kappa shape index (κ1) is 12.9.